The number of imide groups is 2. The third-order valence-electron chi connectivity index (χ3n) is 4.06. The smallest absolute Gasteiger partial charge is 0.747 e. The number of carbonyl (C=O) groups excluding carboxylic acids is 6. The van der Waals surface area contributed by atoms with E-state index in [0.29, 0.717) is 0 Å². The molecule has 2 heterocycles. The van der Waals surface area contributed by atoms with E-state index in [1.54, 1.807) is 0 Å². The Morgan fingerprint density at radius 1 is 0.771 bits per heavy atom. The van der Waals surface area contributed by atoms with Crippen molar-refractivity contribution >= 4 is 55.8 Å². The first-order valence-corrected chi connectivity index (χ1v) is 11.6. The van der Waals surface area contributed by atoms with E-state index in [0.717, 1.165) is 0 Å². The zero-order valence-corrected chi connectivity index (χ0v) is 23.7. The molecule has 2 saturated heterocycles. The molecule has 0 aliphatic carbocycles. The molecule has 2 aliphatic rings. The van der Waals surface area contributed by atoms with Crippen LogP contribution < -0.4 is 59.1 Å². The molecule has 2 fully saturated rings. The average molecular weight is 562 g/mol. The van der Waals surface area contributed by atoms with E-state index in [1.165, 1.54) is 0 Å². The first kappa shape index (κ1) is 27.1. The Balaban J connectivity index is 0.00000722. The molecule has 35 heavy (non-hydrogen) atoms. The second kappa shape index (κ2) is 13.5. The zero-order chi connectivity index (χ0) is 28.7. The predicted octanol–water partition coefficient (Wildman–Crippen LogP) is -8.79. The van der Waals surface area contributed by atoms with E-state index in [9.17, 15) is 54.7 Å². The van der Waals surface area contributed by atoms with Crippen LogP contribution >= 0.6 is 0 Å². The van der Waals surface area contributed by atoms with Gasteiger partial charge in [-0.2, -0.15) is 0 Å². The Labute approximate surface area is 248 Å². The number of hydrogen-bond acceptors (Lipinski definition) is 14. The molecular weight excluding hydrogens is 542 g/mol. The van der Waals surface area contributed by atoms with E-state index in [2.05, 4.69) is 9.68 Å². The first-order valence-electron chi connectivity index (χ1n) is 10.7. The van der Waals surface area contributed by atoms with Gasteiger partial charge in [-0.3, -0.25) is 19.2 Å². The Bertz CT molecular complexity index is 1180. The maximum absolute atomic E-state index is 12.1. The topological polar surface area (TPSA) is 242 Å². The number of hydrogen-bond donors (Lipinski definition) is 0. The van der Waals surface area contributed by atoms with Gasteiger partial charge in [-0.15, -0.1) is 10.1 Å². The van der Waals surface area contributed by atoms with Crippen molar-refractivity contribution in [1.29, 1.82) is 0 Å². The molecular formula is C15H16N2Na2O14S2. The standard InChI is InChI=1S/C15H18N2O14S2.2Na/c18-10-6-8(32(24,25)26)14(22)16(10)30-12(20)4-2-1-3-5-13(21)31-17-11(19)7-9(15(17)23)33(27,28)29;;/h8-9H,1-7H2,(H,24,25,26)(H,27,28,29);;/q;2*+1/p-2/i4D2,5D2;;. The minimum Gasteiger partial charge on any atom is -0.747 e. The second-order valence-electron chi connectivity index (χ2n) is 6.39. The van der Waals surface area contributed by atoms with E-state index in [4.69, 9.17) is 5.48 Å². The summed E-state index contributed by atoms with van der Waals surface area (Å²) in [5.41, 5.74) is 0. The maximum Gasteiger partial charge on any atom is 1.00 e. The van der Waals surface area contributed by atoms with Crippen LogP contribution in [0.2, 0.25) is 0 Å². The molecule has 2 rings (SSSR count). The fourth-order valence-corrected chi connectivity index (χ4v) is 3.89. The molecule has 4 amide bonds. The third kappa shape index (κ3) is 9.13. The van der Waals surface area contributed by atoms with Crippen molar-refractivity contribution < 1.29 is 129 Å². The monoisotopic (exact) mass is 562 g/mol. The maximum atomic E-state index is 12.1. The molecule has 0 spiro atoms. The Kier molecular flexibility index (Phi) is 10.5. The number of rotatable bonds is 10. The van der Waals surface area contributed by atoms with Gasteiger partial charge in [0.1, 0.15) is 30.7 Å². The minimum atomic E-state index is -5.28. The summed E-state index contributed by atoms with van der Waals surface area (Å²) in [5, 5.41) is -5.49. The normalized spacial score (nSPS) is 22.9. The molecule has 0 N–H and O–H groups in total. The van der Waals surface area contributed by atoms with Gasteiger partial charge in [0.15, 0.2) is 0 Å². The van der Waals surface area contributed by atoms with Gasteiger partial charge in [0.2, 0.25) is 0 Å². The van der Waals surface area contributed by atoms with Crippen LogP contribution in [0.5, 0.6) is 0 Å². The van der Waals surface area contributed by atoms with Crippen LogP contribution in [-0.2, 0) is 58.7 Å². The molecule has 0 saturated carbocycles. The number of carbonyl (C=O) groups is 6. The summed E-state index contributed by atoms with van der Waals surface area (Å²) in [6, 6.07) is 0. The van der Waals surface area contributed by atoms with Crippen LogP contribution in [0.4, 0.5) is 0 Å². The predicted molar refractivity (Wildman–Crippen MR) is 95.2 cm³/mol. The van der Waals surface area contributed by atoms with Crippen LogP contribution in [0.25, 0.3) is 0 Å². The van der Waals surface area contributed by atoms with E-state index < -0.39 is 111 Å². The van der Waals surface area contributed by atoms with E-state index in [-0.39, 0.29) is 69.2 Å². The number of hydroxylamine groups is 4. The molecule has 0 aromatic rings. The first-order chi connectivity index (χ1) is 16.6. The molecule has 0 aromatic heterocycles. The quantitative estimate of drug-likeness (QED) is 0.136. The summed E-state index contributed by atoms with van der Waals surface area (Å²) < 4.78 is 96.6. The van der Waals surface area contributed by atoms with Gasteiger partial charge in [-0.25, -0.2) is 26.4 Å². The second-order valence-corrected chi connectivity index (χ2v) is 9.50. The van der Waals surface area contributed by atoms with Crippen molar-refractivity contribution in [2.45, 2.75) is 55.3 Å². The largest absolute Gasteiger partial charge is 1.00 e. The molecule has 0 bridgehead atoms. The van der Waals surface area contributed by atoms with Crippen molar-refractivity contribution in [1.82, 2.24) is 10.1 Å². The summed E-state index contributed by atoms with van der Waals surface area (Å²) in [5.74, 6) is -10.0. The van der Waals surface area contributed by atoms with Gasteiger partial charge in [0, 0.05) is 18.2 Å². The fourth-order valence-electron chi connectivity index (χ4n) is 2.51. The Hall–Kier alpha value is -0.960. The van der Waals surface area contributed by atoms with Gasteiger partial charge in [-0.05, 0) is 12.8 Å². The van der Waals surface area contributed by atoms with Crippen LogP contribution in [0.15, 0.2) is 0 Å². The summed E-state index contributed by atoms with van der Waals surface area (Å²) in [4.78, 5) is 79.7. The van der Waals surface area contributed by atoms with Crippen LogP contribution in [0.3, 0.4) is 0 Å². The zero-order valence-electron chi connectivity index (χ0n) is 22.1. The van der Waals surface area contributed by atoms with Gasteiger partial charge < -0.3 is 18.8 Å². The molecule has 20 heteroatoms. The molecule has 184 valence electrons. The molecule has 16 nitrogen and oxygen atoms in total. The van der Waals surface area contributed by atoms with E-state index >= 15 is 0 Å². The van der Waals surface area contributed by atoms with Crippen molar-refractivity contribution in [3.63, 3.8) is 0 Å². The molecule has 2 unspecified atom stereocenters. The van der Waals surface area contributed by atoms with Crippen molar-refractivity contribution in [2.75, 3.05) is 0 Å². The Morgan fingerprint density at radius 3 is 1.34 bits per heavy atom. The van der Waals surface area contributed by atoms with E-state index in [1.807, 2.05) is 0 Å². The summed E-state index contributed by atoms with van der Waals surface area (Å²) in [6.45, 7) is 0. The summed E-state index contributed by atoms with van der Waals surface area (Å²) in [7, 11) is -10.6. The summed E-state index contributed by atoms with van der Waals surface area (Å²) >= 11 is 0. The van der Waals surface area contributed by atoms with Crippen molar-refractivity contribution in [3.05, 3.63) is 0 Å². The van der Waals surface area contributed by atoms with Crippen LogP contribution in [0.1, 0.15) is 50.3 Å². The van der Waals surface area contributed by atoms with Gasteiger partial charge in [-0.1, -0.05) is 6.42 Å². The SMILES string of the molecule is [2H]C([2H])(CCCC([2H])([2H])C(=O)ON1C(=O)CC(S(=O)(=O)[O-])C1=O)C(=O)ON1C(=O)CC(S(=O)(=O)[O-])C1=O.[Na+].[Na+]. The number of amides is 4. The van der Waals surface area contributed by atoms with Gasteiger partial charge >= 0.3 is 71.1 Å². The van der Waals surface area contributed by atoms with Gasteiger partial charge in [0.25, 0.3) is 23.6 Å². The molecule has 0 radical (unpaired) electrons. The summed E-state index contributed by atoms with van der Waals surface area (Å²) in [6.07, 6.45) is -10.8. The van der Waals surface area contributed by atoms with Crippen LogP contribution in [0, 0.1) is 0 Å². The third-order valence-corrected chi connectivity index (χ3v) is 6.19. The van der Waals surface area contributed by atoms with Crippen molar-refractivity contribution in [2.24, 2.45) is 0 Å². The molecule has 0 aromatic carbocycles. The van der Waals surface area contributed by atoms with Crippen molar-refractivity contribution in [3.8, 4) is 0 Å². The minimum absolute atomic E-state index is 0. The number of nitrogens with zero attached hydrogens (tertiary/aromatic N) is 2. The Morgan fingerprint density at radius 2 is 1.09 bits per heavy atom. The van der Waals surface area contributed by atoms with Gasteiger partial charge in [0.05, 0.1) is 12.8 Å². The fraction of sp³-hybridized carbons (Fsp3) is 0.600. The molecule has 2 aliphatic heterocycles. The molecule has 2 atom stereocenters. The van der Waals surface area contributed by atoms with Crippen LogP contribution in [-0.4, -0.2) is 82.1 Å². The average Bonchev–Trinajstić information content (AvgIpc) is 3.18.